The molecule has 6 nitrogen and oxygen atoms in total. The molecule has 0 fully saturated rings. The predicted octanol–water partition coefficient (Wildman–Crippen LogP) is 4.61. The number of aliphatic hydroxyl groups excluding tert-OH is 4. The number of carbonyl (C=O) groups is 1. The molecule has 0 spiro atoms. The molecule has 0 aromatic rings. The molecule has 0 rings (SSSR count). The van der Waals surface area contributed by atoms with Gasteiger partial charge in [-0.3, -0.25) is 4.79 Å². The molecule has 192 valence electrons. The molecule has 0 aromatic heterocycles. The summed E-state index contributed by atoms with van der Waals surface area (Å²) in [4.78, 5) is 12.2. The second-order valence-corrected chi connectivity index (χ2v) is 9.40. The van der Waals surface area contributed by atoms with E-state index in [2.05, 4.69) is 19.2 Å². The van der Waals surface area contributed by atoms with E-state index in [1.165, 1.54) is 64.2 Å². The van der Waals surface area contributed by atoms with Crippen LogP contribution in [0.15, 0.2) is 0 Å². The Hall–Kier alpha value is -0.690. The van der Waals surface area contributed by atoms with Crippen molar-refractivity contribution in [3.05, 3.63) is 0 Å². The summed E-state index contributed by atoms with van der Waals surface area (Å²) in [6.45, 7) is 3.91. The first-order valence-electron chi connectivity index (χ1n) is 13.4. The lowest BCUT2D eigenvalue weighted by atomic mass is 9.99. The first kappa shape index (κ1) is 31.3. The maximum atomic E-state index is 12.2. The highest BCUT2D eigenvalue weighted by atomic mass is 16.3. The maximum Gasteiger partial charge on any atom is 0.249 e. The Bertz CT molecular complexity index is 421. The minimum Gasteiger partial charge on any atom is -0.394 e. The van der Waals surface area contributed by atoms with Gasteiger partial charge in [0.1, 0.15) is 12.2 Å². The number of rotatable bonds is 23. The van der Waals surface area contributed by atoms with Crippen molar-refractivity contribution in [3.63, 3.8) is 0 Å². The van der Waals surface area contributed by atoms with Gasteiger partial charge in [0.2, 0.25) is 5.91 Å². The van der Waals surface area contributed by atoms with Gasteiger partial charge in [-0.05, 0) is 12.8 Å². The van der Waals surface area contributed by atoms with Gasteiger partial charge in [-0.25, -0.2) is 0 Å². The fourth-order valence-electron chi connectivity index (χ4n) is 4.05. The first-order valence-corrected chi connectivity index (χ1v) is 13.4. The molecule has 0 saturated carbocycles. The molecular formula is C26H53NO5. The predicted molar refractivity (Wildman–Crippen MR) is 131 cm³/mol. The summed E-state index contributed by atoms with van der Waals surface area (Å²) in [6.07, 6.45) is 15.8. The molecule has 4 unspecified atom stereocenters. The third-order valence-electron chi connectivity index (χ3n) is 6.32. The maximum absolute atomic E-state index is 12.2. The van der Waals surface area contributed by atoms with E-state index < -0.39 is 36.9 Å². The van der Waals surface area contributed by atoms with Crippen LogP contribution in [-0.2, 0) is 4.79 Å². The molecule has 0 aliphatic heterocycles. The summed E-state index contributed by atoms with van der Waals surface area (Å²) in [6, 6.07) is -0.972. The molecule has 5 N–H and O–H groups in total. The summed E-state index contributed by atoms with van der Waals surface area (Å²) >= 11 is 0. The number of amides is 1. The Labute approximate surface area is 197 Å². The van der Waals surface area contributed by atoms with Crippen LogP contribution in [0.4, 0.5) is 0 Å². The SMILES string of the molecule is CCCCCCCCCCCCC(O)C(=O)NC(CO)C(O)C(O)CCCCCCCC. The van der Waals surface area contributed by atoms with E-state index in [-0.39, 0.29) is 0 Å². The van der Waals surface area contributed by atoms with Crippen molar-refractivity contribution in [3.8, 4) is 0 Å². The highest BCUT2D eigenvalue weighted by molar-refractivity contribution is 5.80. The van der Waals surface area contributed by atoms with Crippen molar-refractivity contribution in [2.24, 2.45) is 0 Å². The van der Waals surface area contributed by atoms with Crippen LogP contribution in [0.2, 0.25) is 0 Å². The van der Waals surface area contributed by atoms with Crippen molar-refractivity contribution in [2.45, 2.75) is 154 Å². The molecule has 0 saturated heterocycles. The number of carbonyl (C=O) groups excluding carboxylic acids is 1. The van der Waals surface area contributed by atoms with Gasteiger partial charge in [0, 0.05) is 0 Å². The summed E-state index contributed by atoms with van der Waals surface area (Å²) < 4.78 is 0. The van der Waals surface area contributed by atoms with Gasteiger partial charge in [-0.2, -0.15) is 0 Å². The molecule has 4 atom stereocenters. The second-order valence-electron chi connectivity index (χ2n) is 9.40. The Morgan fingerprint density at radius 3 is 1.50 bits per heavy atom. The number of nitrogens with one attached hydrogen (secondary N) is 1. The van der Waals surface area contributed by atoms with Crippen LogP contribution < -0.4 is 5.32 Å². The second kappa shape index (κ2) is 22.1. The van der Waals surface area contributed by atoms with Crippen LogP contribution in [0.3, 0.4) is 0 Å². The number of aliphatic hydroxyl groups is 4. The molecule has 0 radical (unpaired) electrons. The lowest BCUT2D eigenvalue weighted by Gasteiger charge is -2.27. The van der Waals surface area contributed by atoms with Crippen molar-refractivity contribution in [1.29, 1.82) is 0 Å². The van der Waals surface area contributed by atoms with Gasteiger partial charge in [-0.1, -0.05) is 117 Å². The van der Waals surface area contributed by atoms with Gasteiger partial charge >= 0.3 is 0 Å². The number of hydrogen-bond acceptors (Lipinski definition) is 5. The fraction of sp³-hybridized carbons (Fsp3) is 0.962. The highest BCUT2D eigenvalue weighted by Crippen LogP contribution is 2.14. The van der Waals surface area contributed by atoms with Crippen molar-refractivity contribution >= 4 is 5.91 Å². The molecule has 0 aliphatic rings. The Morgan fingerprint density at radius 2 is 1.06 bits per heavy atom. The fourth-order valence-corrected chi connectivity index (χ4v) is 4.05. The average Bonchev–Trinajstić information content (AvgIpc) is 2.79. The van der Waals surface area contributed by atoms with E-state index in [9.17, 15) is 25.2 Å². The zero-order valence-corrected chi connectivity index (χ0v) is 20.9. The van der Waals surface area contributed by atoms with E-state index in [4.69, 9.17) is 0 Å². The summed E-state index contributed by atoms with van der Waals surface area (Å²) in [5.74, 6) is -0.592. The van der Waals surface area contributed by atoms with E-state index in [1.54, 1.807) is 0 Å². The van der Waals surface area contributed by atoms with Crippen LogP contribution in [0.25, 0.3) is 0 Å². The zero-order chi connectivity index (χ0) is 24.0. The molecule has 0 bridgehead atoms. The van der Waals surface area contributed by atoms with E-state index in [1.807, 2.05) is 0 Å². The molecule has 32 heavy (non-hydrogen) atoms. The zero-order valence-electron chi connectivity index (χ0n) is 20.9. The average molecular weight is 460 g/mol. The quantitative estimate of drug-likeness (QED) is 0.143. The Kier molecular flexibility index (Phi) is 21.6. The standard InChI is InChI=1S/C26H53NO5/c1-3-5-7-9-11-12-13-14-16-18-20-24(30)26(32)27-22(21-28)25(31)23(29)19-17-15-10-8-6-4-2/h22-25,28-31H,3-21H2,1-2H3,(H,27,32). The van der Waals surface area contributed by atoms with Gasteiger partial charge in [0.05, 0.1) is 18.8 Å². The van der Waals surface area contributed by atoms with E-state index in [0.29, 0.717) is 12.8 Å². The molecular weight excluding hydrogens is 406 g/mol. The first-order chi connectivity index (χ1) is 15.5. The van der Waals surface area contributed by atoms with E-state index in [0.717, 1.165) is 38.5 Å². The summed E-state index contributed by atoms with van der Waals surface area (Å²) in [5.41, 5.74) is 0. The number of hydrogen-bond donors (Lipinski definition) is 5. The molecule has 0 aliphatic carbocycles. The monoisotopic (exact) mass is 459 g/mol. The Morgan fingerprint density at radius 1 is 0.656 bits per heavy atom. The summed E-state index contributed by atoms with van der Waals surface area (Å²) in [5, 5.41) is 42.7. The van der Waals surface area contributed by atoms with Crippen LogP contribution >= 0.6 is 0 Å². The normalized spacial score (nSPS) is 15.3. The van der Waals surface area contributed by atoms with Crippen molar-refractivity contribution in [1.82, 2.24) is 5.32 Å². The molecule has 0 heterocycles. The van der Waals surface area contributed by atoms with Crippen LogP contribution in [0.1, 0.15) is 129 Å². The third kappa shape index (κ3) is 16.9. The van der Waals surface area contributed by atoms with Gasteiger partial charge in [-0.15, -0.1) is 0 Å². The largest absolute Gasteiger partial charge is 0.394 e. The van der Waals surface area contributed by atoms with E-state index >= 15 is 0 Å². The summed E-state index contributed by atoms with van der Waals surface area (Å²) in [7, 11) is 0. The van der Waals surface area contributed by atoms with Crippen LogP contribution in [-0.4, -0.2) is 57.3 Å². The van der Waals surface area contributed by atoms with Crippen LogP contribution in [0.5, 0.6) is 0 Å². The van der Waals surface area contributed by atoms with Crippen molar-refractivity contribution in [2.75, 3.05) is 6.61 Å². The molecule has 0 aromatic carbocycles. The smallest absolute Gasteiger partial charge is 0.249 e. The minimum atomic E-state index is -1.25. The lowest BCUT2D eigenvalue weighted by molar-refractivity contribution is -0.132. The van der Waals surface area contributed by atoms with Gasteiger partial charge in [0.15, 0.2) is 0 Å². The highest BCUT2D eigenvalue weighted by Gasteiger charge is 2.28. The lowest BCUT2D eigenvalue weighted by Crippen LogP contribution is -2.53. The van der Waals surface area contributed by atoms with Gasteiger partial charge < -0.3 is 25.7 Å². The van der Waals surface area contributed by atoms with Crippen molar-refractivity contribution < 1.29 is 25.2 Å². The molecule has 6 heteroatoms. The molecule has 1 amide bonds. The van der Waals surface area contributed by atoms with Crippen LogP contribution in [0, 0.1) is 0 Å². The number of unbranched alkanes of at least 4 members (excludes halogenated alkanes) is 14. The topological polar surface area (TPSA) is 110 Å². The Balaban J connectivity index is 3.96. The van der Waals surface area contributed by atoms with Gasteiger partial charge in [0.25, 0.3) is 0 Å². The third-order valence-corrected chi connectivity index (χ3v) is 6.32. The minimum absolute atomic E-state index is 0.372.